The number of imide groups is 1. The molecule has 2 aromatic carbocycles. The number of hydrogen-bond acceptors (Lipinski definition) is 4. The normalized spacial score (nSPS) is 28.6. The summed E-state index contributed by atoms with van der Waals surface area (Å²) in [5, 5.41) is 7.23. The maximum atomic E-state index is 14.3. The predicted molar refractivity (Wildman–Crippen MR) is 124 cm³/mol. The van der Waals surface area contributed by atoms with Gasteiger partial charge in [0.15, 0.2) is 0 Å². The molecule has 1 aromatic heterocycles. The molecule has 0 unspecified atom stereocenters. The Hall–Kier alpha value is -3.52. The van der Waals surface area contributed by atoms with Crippen LogP contribution >= 0.6 is 0 Å². The van der Waals surface area contributed by atoms with Gasteiger partial charge in [0.1, 0.15) is 11.4 Å². The van der Waals surface area contributed by atoms with Crippen LogP contribution in [0.3, 0.4) is 0 Å². The summed E-state index contributed by atoms with van der Waals surface area (Å²) < 4.78 is 14.3. The molecule has 2 saturated heterocycles. The van der Waals surface area contributed by atoms with Crippen molar-refractivity contribution in [2.45, 2.75) is 44.3 Å². The number of hydrogen-bond donors (Lipinski definition) is 3. The Bertz CT molecular complexity index is 1370. The second kappa shape index (κ2) is 7.24. The number of nitrogens with one attached hydrogen (secondary N) is 3. The number of amides is 3. The largest absolute Gasteiger partial charge is 0.361 e. The van der Waals surface area contributed by atoms with Gasteiger partial charge in [-0.1, -0.05) is 25.1 Å². The lowest BCUT2D eigenvalue weighted by Crippen LogP contribution is -2.54. The van der Waals surface area contributed by atoms with E-state index < -0.39 is 35.1 Å². The van der Waals surface area contributed by atoms with Crippen LogP contribution in [0.15, 0.2) is 48.7 Å². The SMILES string of the molecule is CC[C@@H](C)N1C(=O)[C@H]2[C@@H](C1=O)[C@@]1(N[C@@H]2Cc2c[nH]c3ccccc23)C(=O)Nc2ccc(F)cc21. The molecule has 3 amide bonds. The van der Waals surface area contributed by atoms with Crippen LogP contribution in [0.1, 0.15) is 31.4 Å². The Kier molecular flexibility index (Phi) is 4.48. The lowest BCUT2D eigenvalue weighted by atomic mass is 9.76. The van der Waals surface area contributed by atoms with Crippen LogP contribution in [0.25, 0.3) is 10.9 Å². The summed E-state index contributed by atoms with van der Waals surface area (Å²) >= 11 is 0. The van der Waals surface area contributed by atoms with Gasteiger partial charge in [0.05, 0.1) is 11.8 Å². The number of fused-ring (bicyclic) bond motifs is 5. The minimum absolute atomic E-state index is 0.267. The van der Waals surface area contributed by atoms with Crippen LogP contribution in [0.4, 0.5) is 10.1 Å². The number of anilines is 1. The Labute approximate surface area is 195 Å². The van der Waals surface area contributed by atoms with Crippen molar-refractivity contribution < 1.29 is 18.8 Å². The summed E-state index contributed by atoms with van der Waals surface area (Å²) in [5.41, 5.74) is 1.33. The summed E-state index contributed by atoms with van der Waals surface area (Å²) in [6.45, 7) is 3.76. The third kappa shape index (κ3) is 2.63. The monoisotopic (exact) mass is 460 g/mol. The van der Waals surface area contributed by atoms with Gasteiger partial charge in [-0.15, -0.1) is 0 Å². The number of H-pyrrole nitrogens is 1. The number of rotatable bonds is 4. The van der Waals surface area contributed by atoms with E-state index in [1.807, 2.05) is 44.3 Å². The maximum absolute atomic E-state index is 14.3. The smallest absolute Gasteiger partial charge is 0.250 e. The first-order chi connectivity index (χ1) is 16.4. The molecule has 3 aliphatic heterocycles. The number of aromatic amines is 1. The van der Waals surface area contributed by atoms with Crippen molar-refractivity contribution in [3.8, 4) is 0 Å². The molecule has 0 saturated carbocycles. The molecule has 0 aliphatic carbocycles. The third-order valence-corrected chi connectivity index (χ3v) is 7.86. The lowest BCUT2D eigenvalue weighted by Gasteiger charge is -2.31. The number of benzene rings is 2. The summed E-state index contributed by atoms with van der Waals surface area (Å²) in [6, 6.07) is 11.2. The third-order valence-electron chi connectivity index (χ3n) is 7.86. The van der Waals surface area contributed by atoms with E-state index in [1.165, 1.54) is 23.1 Å². The minimum atomic E-state index is -1.49. The van der Waals surface area contributed by atoms with Crippen LogP contribution in [-0.4, -0.2) is 39.7 Å². The minimum Gasteiger partial charge on any atom is -0.361 e. The van der Waals surface area contributed by atoms with E-state index in [9.17, 15) is 18.8 Å². The molecular formula is C26H25FN4O3. The molecule has 7 nitrogen and oxygen atoms in total. The molecule has 3 N–H and O–H groups in total. The molecule has 6 rings (SSSR count). The molecule has 0 radical (unpaired) electrons. The first-order valence-electron chi connectivity index (χ1n) is 11.7. The van der Waals surface area contributed by atoms with Gasteiger partial charge in [-0.2, -0.15) is 0 Å². The highest BCUT2D eigenvalue weighted by atomic mass is 19.1. The zero-order valence-electron chi connectivity index (χ0n) is 18.9. The molecule has 8 heteroatoms. The fraction of sp³-hybridized carbons (Fsp3) is 0.346. The number of carbonyl (C=O) groups excluding carboxylic acids is 3. The number of carbonyl (C=O) groups is 3. The van der Waals surface area contributed by atoms with Gasteiger partial charge < -0.3 is 10.3 Å². The number of aromatic nitrogens is 1. The number of nitrogens with zero attached hydrogens (tertiary/aromatic N) is 1. The Balaban J connectivity index is 1.50. The number of halogens is 1. The van der Waals surface area contributed by atoms with E-state index >= 15 is 0 Å². The number of para-hydroxylation sites is 1. The van der Waals surface area contributed by atoms with Gasteiger partial charge in [-0.05, 0) is 49.6 Å². The highest BCUT2D eigenvalue weighted by Crippen LogP contribution is 2.53. The van der Waals surface area contributed by atoms with E-state index in [4.69, 9.17) is 0 Å². The van der Waals surface area contributed by atoms with Crippen molar-refractivity contribution in [2.24, 2.45) is 11.8 Å². The van der Waals surface area contributed by atoms with Gasteiger partial charge in [0, 0.05) is 40.4 Å². The Morgan fingerprint density at radius 1 is 1.12 bits per heavy atom. The van der Waals surface area contributed by atoms with Crippen LogP contribution in [-0.2, 0) is 26.3 Å². The molecule has 3 aliphatic rings. The van der Waals surface area contributed by atoms with E-state index in [2.05, 4.69) is 15.6 Å². The molecule has 1 spiro atoms. The summed E-state index contributed by atoms with van der Waals surface area (Å²) in [5.74, 6) is -3.22. The second-order valence-corrected chi connectivity index (χ2v) is 9.57. The molecule has 0 bridgehead atoms. The van der Waals surface area contributed by atoms with E-state index in [1.54, 1.807) is 0 Å². The lowest BCUT2D eigenvalue weighted by molar-refractivity contribution is -0.145. The highest BCUT2D eigenvalue weighted by molar-refractivity contribution is 6.15. The molecule has 34 heavy (non-hydrogen) atoms. The van der Waals surface area contributed by atoms with Crippen molar-refractivity contribution in [1.29, 1.82) is 0 Å². The van der Waals surface area contributed by atoms with Gasteiger partial charge in [-0.3, -0.25) is 24.6 Å². The van der Waals surface area contributed by atoms with Crippen molar-refractivity contribution >= 4 is 34.3 Å². The standard InChI is InChI=1S/C26H25FN4O3/c1-3-13(2)31-23(32)21-20(10-14-12-28-18-7-5-4-6-16(14)18)30-26(22(21)24(31)33)17-11-15(27)8-9-19(17)29-25(26)34/h4-9,11-13,20-22,28,30H,3,10H2,1-2H3,(H,29,34)/t13-,20-,21-,22+,26-/m1/s1. The van der Waals surface area contributed by atoms with Gasteiger partial charge in [-0.25, -0.2) is 4.39 Å². The average Bonchev–Trinajstić information content (AvgIpc) is 3.53. The molecule has 3 aromatic rings. The topological polar surface area (TPSA) is 94.3 Å². The molecule has 5 atom stereocenters. The Morgan fingerprint density at radius 2 is 1.91 bits per heavy atom. The fourth-order valence-electron chi connectivity index (χ4n) is 6.13. The molecular weight excluding hydrogens is 435 g/mol. The first-order valence-corrected chi connectivity index (χ1v) is 11.7. The van der Waals surface area contributed by atoms with Crippen molar-refractivity contribution in [2.75, 3.05) is 5.32 Å². The van der Waals surface area contributed by atoms with Gasteiger partial charge in [0.2, 0.25) is 17.7 Å². The molecule has 2 fully saturated rings. The Morgan fingerprint density at radius 3 is 2.71 bits per heavy atom. The van der Waals surface area contributed by atoms with Crippen molar-refractivity contribution in [1.82, 2.24) is 15.2 Å². The summed E-state index contributed by atoms with van der Waals surface area (Å²) in [7, 11) is 0. The van der Waals surface area contributed by atoms with Gasteiger partial charge in [0.25, 0.3) is 0 Å². The zero-order chi connectivity index (χ0) is 23.8. The van der Waals surface area contributed by atoms with E-state index in [0.29, 0.717) is 24.1 Å². The second-order valence-electron chi connectivity index (χ2n) is 9.57. The van der Waals surface area contributed by atoms with E-state index in [0.717, 1.165) is 16.5 Å². The predicted octanol–water partition coefficient (Wildman–Crippen LogP) is 3.07. The molecule has 4 heterocycles. The van der Waals surface area contributed by atoms with Crippen LogP contribution in [0.5, 0.6) is 0 Å². The van der Waals surface area contributed by atoms with Gasteiger partial charge >= 0.3 is 0 Å². The molecule has 174 valence electrons. The average molecular weight is 461 g/mol. The fourth-order valence-corrected chi connectivity index (χ4v) is 6.13. The maximum Gasteiger partial charge on any atom is 0.250 e. The highest BCUT2D eigenvalue weighted by Gasteiger charge is 2.70. The van der Waals surface area contributed by atoms with Crippen LogP contribution < -0.4 is 10.6 Å². The van der Waals surface area contributed by atoms with E-state index in [-0.39, 0.29) is 17.9 Å². The number of likely N-dealkylation sites (tertiary alicyclic amines) is 1. The summed E-state index contributed by atoms with van der Waals surface area (Å²) in [4.78, 5) is 45.5. The first kappa shape index (κ1) is 21.0. The van der Waals surface area contributed by atoms with Crippen molar-refractivity contribution in [3.63, 3.8) is 0 Å². The summed E-state index contributed by atoms with van der Waals surface area (Å²) in [6.07, 6.45) is 2.96. The quantitative estimate of drug-likeness (QED) is 0.522. The van der Waals surface area contributed by atoms with Crippen molar-refractivity contribution in [3.05, 3.63) is 65.6 Å². The van der Waals surface area contributed by atoms with Crippen LogP contribution in [0, 0.1) is 17.7 Å². The zero-order valence-corrected chi connectivity index (χ0v) is 18.9. The van der Waals surface area contributed by atoms with Crippen LogP contribution in [0.2, 0.25) is 0 Å².